The smallest absolute Gasteiger partial charge is 0.255 e. The van der Waals surface area contributed by atoms with E-state index in [1.54, 1.807) is 25.4 Å². The van der Waals surface area contributed by atoms with Crippen LogP contribution in [-0.4, -0.2) is 23.8 Å². The normalized spacial score (nSPS) is 20.1. The minimum Gasteiger partial charge on any atom is -0.497 e. The van der Waals surface area contributed by atoms with Gasteiger partial charge in [0.2, 0.25) is 0 Å². The summed E-state index contributed by atoms with van der Waals surface area (Å²) in [4.78, 5) is 30.9. The summed E-state index contributed by atoms with van der Waals surface area (Å²) < 4.78 is 5.30. The standard InChI is InChI=1S/C25H27N3O3/c1-15-21(24(30)28-20-7-5-6-12-26-20)22(16-8-10-17(31-4)11-9-16)23-18(27-15)13-25(2,3)14-19(23)29/h5-12,22,27H,13-14H2,1-4H3,(H,26,28,30)/t22-/m1/s1. The van der Waals surface area contributed by atoms with E-state index in [9.17, 15) is 9.59 Å². The van der Waals surface area contributed by atoms with Crippen LogP contribution in [0.1, 0.15) is 45.1 Å². The van der Waals surface area contributed by atoms with Crippen LogP contribution in [0.25, 0.3) is 0 Å². The molecule has 4 rings (SSSR count). The van der Waals surface area contributed by atoms with Gasteiger partial charge in [0.1, 0.15) is 11.6 Å². The van der Waals surface area contributed by atoms with Gasteiger partial charge < -0.3 is 15.4 Å². The zero-order valence-corrected chi connectivity index (χ0v) is 18.3. The summed E-state index contributed by atoms with van der Waals surface area (Å²) in [5, 5.41) is 6.26. The average Bonchev–Trinajstić information content (AvgIpc) is 2.72. The number of amides is 1. The minimum absolute atomic E-state index is 0.0789. The molecule has 1 aromatic carbocycles. The van der Waals surface area contributed by atoms with E-state index in [0.29, 0.717) is 23.4 Å². The number of benzene rings is 1. The number of nitrogens with zero attached hydrogens (tertiary/aromatic N) is 1. The Balaban J connectivity index is 1.80. The van der Waals surface area contributed by atoms with Crippen molar-refractivity contribution in [3.05, 3.63) is 76.8 Å². The summed E-state index contributed by atoms with van der Waals surface area (Å²) in [7, 11) is 1.61. The lowest BCUT2D eigenvalue weighted by Crippen LogP contribution is -2.39. The number of dihydropyridines is 1. The Morgan fingerprint density at radius 2 is 1.90 bits per heavy atom. The number of aromatic nitrogens is 1. The molecule has 0 radical (unpaired) electrons. The van der Waals surface area contributed by atoms with Gasteiger partial charge in [-0.15, -0.1) is 0 Å². The maximum absolute atomic E-state index is 13.4. The van der Waals surface area contributed by atoms with Gasteiger partial charge in [-0.1, -0.05) is 32.0 Å². The Bertz CT molecular complexity index is 1080. The van der Waals surface area contributed by atoms with Crippen molar-refractivity contribution in [1.29, 1.82) is 0 Å². The predicted molar refractivity (Wildman–Crippen MR) is 119 cm³/mol. The number of pyridine rings is 1. The van der Waals surface area contributed by atoms with E-state index in [1.165, 1.54) is 0 Å². The molecule has 0 bridgehead atoms. The number of Topliss-reactive ketones (excluding diaryl/α,β-unsaturated/α-hetero) is 1. The summed E-state index contributed by atoms with van der Waals surface area (Å²) in [5.41, 5.74) is 3.63. The Morgan fingerprint density at radius 3 is 2.55 bits per heavy atom. The van der Waals surface area contributed by atoms with Crippen LogP contribution < -0.4 is 15.4 Å². The van der Waals surface area contributed by atoms with Crippen LogP contribution in [0.3, 0.4) is 0 Å². The number of rotatable bonds is 4. The van der Waals surface area contributed by atoms with Gasteiger partial charge in [-0.2, -0.15) is 0 Å². The van der Waals surface area contributed by atoms with Gasteiger partial charge in [0.25, 0.3) is 5.91 Å². The molecular formula is C25H27N3O3. The summed E-state index contributed by atoms with van der Waals surface area (Å²) in [6, 6.07) is 12.9. The van der Waals surface area contributed by atoms with Gasteiger partial charge in [-0.05, 0) is 48.6 Å². The maximum Gasteiger partial charge on any atom is 0.255 e. The number of anilines is 1. The number of ether oxygens (including phenoxy) is 1. The number of allylic oxidation sites excluding steroid dienone is 3. The van der Waals surface area contributed by atoms with Crippen molar-refractivity contribution in [2.45, 2.75) is 39.5 Å². The first-order chi connectivity index (χ1) is 14.8. The van der Waals surface area contributed by atoms with Crippen molar-refractivity contribution in [2.24, 2.45) is 5.41 Å². The molecular weight excluding hydrogens is 390 g/mol. The largest absolute Gasteiger partial charge is 0.497 e. The minimum atomic E-state index is -0.450. The van der Waals surface area contributed by atoms with E-state index in [2.05, 4.69) is 29.5 Å². The molecule has 0 spiro atoms. The molecule has 2 aliphatic rings. The highest BCUT2D eigenvalue weighted by Crippen LogP contribution is 2.46. The molecule has 1 aromatic heterocycles. The van der Waals surface area contributed by atoms with Gasteiger partial charge in [0.15, 0.2) is 5.78 Å². The van der Waals surface area contributed by atoms with Crippen LogP contribution in [0, 0.1) is 5.41 Å². The van der Waals surface area contributed by atoms with Crippen LogP contribution in [0.4, 0.5) is 5.82 Å². The van der Waals surface area contributed by atoms with Gasteiger partial charge in [-0.25, -0.2) is 4.98 Å². The zero-order valence-electron chi connectivity index (χ0n) is 18.3. The second kappa shape index (κ2) is 8.02. The van der Waals surface area contributed by atoms with Crippen molar-refractivity contribution in [3.63, 3.8) is 0 Å². The van der Waals surface area contributed by atoms with E-state index >= 15 is 0 Å². The molecule has 1 aliphatic heterocycles. The number of nitrogens with one attached hydrogen (secondary N) is 2. The fraction of sp³-hybridized carbons (Fsp3) is 0.320. The highest BCUT2D eigenvalue weighted by atomic mass is 16.5. The van der Waals surface area contributed by atoms with E-state index in [1.807, 2.05) is 37.3 Å². The molecule has 0 saturated heterocycles. The Labute approximate surface area is 182 Å². The molecule has 2 N–H and O–H groups in total. The third-order valence-electron chi connectivity index (χ3n) is 5.84. The van der Waals surface area contributed by atoms with Gasteiger partial charge in [-0.3, -0.25) is 9.59 Å². The molecule has 2 heterocycles. The molecule has 0 fully saturated rings. The summed E-state index contributed by atoms with van der Waals surface area (Å²) in [6.45, 7) is 6.09. The topological polar surface area (TPSA) is 80.3 Å². The number of hydrogen-bond donors (Lipinski definition) is 2. The maximum atomic E-state index is 13.4. The quantitative estimate of drug-likeness (QED) is 0.774. The fourth-order valence-electron chi connectivity index (χ4n) is 4.49. The molecule has 0 saturated carbocycles. The lowest BCUT2D eigenvalue weighted by Gasteiger charge is -2.39. The van der Waals surface area contributed by atoms with E-state index in [4.69, 9.17) is 4.74 Å². The van der Waals surface area contributed by atoms with Crippen molar-refractivity contribution < 1.29 is 14.3 Å². The summed E-state index contributed by atoms with van der Waals surface area (Å²) >= 11 is 0. The fourth-order valence-corrected chi connectivity index (χ4v) is 4.49. The van der Waals surface area contributed by atoms with Crippen molar-refractivity contribution in [2.75, 3.05) is 12.4 Å². The number of carbonyl (C=O) groups excluding carboxylic acids is 2. The van der Waals surface area contributed by atoms with Gasteiger partial charge in [0, 0.05) is 41.1 Å². The molecule has 2 aromatic rings. The average molecular weight is 418 g/mol. The predicted octanol–water partition coefficient (Wildman–Crippen LogP) is 4.33. The number of carbonyl (C=O) groups is 2. The third kappa shape index (κ3) is 4.10. The Hall–Kier alpha value is -3.41. The van der Waals surface area contributed by atoms with E-state index < -0.39 is 5.92 Å². The molecule has 1 amide bonds. The second-order valence-corrected chi connectivity index (χ2v) is 8.87. The highest BCUT2D eigenvalue weighted by molar-refractivity contribution is 6.09. The first-order valence-corrected chi connectivity index (χ1v) is 10.4. The van der Waals surface area contributed by atoms with Crippen molar-refractivity contribution >= 4 is 17.5 Å². The van der Waals surface area contributed by atoms with Crippen LogP contribution in [0.15, 0.2) is 71.2 Å². The molecule has 1 aliphatic carbocycles. The van der Waals surface area contributed by atoms with E-state index in [-0.39, 0.29) is 17.1 Å². The van der Waals surface area contributed by atoms with Gasteiger partial charge in [0.05, 0.1) is 7.11 Å². The van der Waals surface area contributed by atoms with Crippen LogP contribution >= 0.6 is 0 Å². The Kier molecular flexibility index (Phi) is 5.39. The van der Waals surface area contributed by atoms with Crippen molar-refractivity contribution in [3.8, 4) is 5.75 Å². The molecule has 1 atom stereocenters. The number of ketones is 1. The van der Waals surface area contributed by atoms with Gasteiger partial charge >= 0.3 is 0 Å². The molecule has 0 unspecified atom stereocenters. The Morgan fingerprint density at radius 1 is 1.16 bits per heavy atom. The number of hydrogen-bond acceptors (Lipinski definition) is 5. The SMILES string of the molecule is COc1ccc([C@@H]2C(C(=O)Nc3ccccn3)=C(C)NC3=C2C(=O)CC(C)(C)C3)cc1. The molecule has 160 valence electrons. The summed E-state index contributed by atoms with van der Waals surface area (Å²) in [5.74, 6) is 0.554. The van der Waals surface area contributed by atoms with Crippen LogP contribution in [0.5, 0.6) is 5.75 Å². The second-order valence-electron chi connectivity index (χ2n) is 8.87. The lowest BCUT2D eigenvalue weighted by molar-refractivity contribution is -0.118. The van der Waals surface area contributed by atoms with E-state index in [0.717, 1.165) is 29.1 Å². The monoisotopic (exact) mass is 417 g/mol. The van der Waals surface area contributed by atoms with Crippen LogP contribution in [-0.2, 0) is 9.59 Å². The van der Waals surface area contributed by atoms with Crippen molar-refractivity contribution in [1.82, 2.24) is 10.3 Å². The summed E-state index contributed by atoms with van der Waals surface area (Å²) in [6.07, 6.45) is 2.84. The highest BCUT2D eigenvalue weighted by Gasteiger charge is 2.42. The number of methoxy groups -OCH3 is 1. The zero-order chi connectivity index (χ0) is 22.2. The molecule has 31 heavy (non-hydrogen) atoms. The molecule has 6 nitrogen and oxygen atoms in total. The van der Waals surface area contributed by atoms with Crippen LogP contribution in [0.2, 0.25) is 0 Å². The first kappa shape index (κ1) is 20.8. The first-order valence-electron chi connectivity index (χ1n) is 10.4. The third-order valence-corrected chi connectivity index (χ3v) is 5.84. The lowest BCUT2D eigenvalue weighted by atomic mass is 9.68. The molecule has 6 heteroatoms.